The maximum Gasteiger partial charge on any atom is 0.253 e. The van der Waals surface area contributed by atoms with Crippen molar-refractivity contribution >= 4 is 5.91 Å². The molecule has 1 amide bonds. The predicted molar refractivity (Wildman–Crippen MR) is 83.5 cm³/mol. The molecule has 8 heteroatoms. The van der Waals surface area contributed by atoms with Crippen molar-refractivity contribution in [3.8, 4) is 5.69 Å². The first-order chi connectivity index (χ1) is 11.5. The van der Waals surface area contributed by atoms with Gasteiger partial charge in [-0.05, 0) is 42.5 Å². The van der Waals surface area contributed by atoms with E-state index in [4.69, 9.17) is 9.47 Å². The minimum absolute atomic E-state index is 0.000355. The van der Waals surface area contributed by atoms with Crippen molar-refractivity contribution in [1.29, 1.82) is 0 Å². The molecule has 2 aromatic rings. The zero-order chi connectivity index (χ0) is 16.8. The van der Waals surface area contributed by atoms with Gasteiger partial charge in [0.15, 0.2) is 5.79 Å². The molecule has 4 rings (SSSR count). The first kappa shape index (κ1) is 15.2. The van der Waals surface area contributed by atoms with Gasteiger partial charge < -0.3 is 14.4 Å². The third-order valence-corrected chi connectivity index (χ3v) is 4.50. The van der Waals surface area contributed by atoms with Crippen LogP contribution in [-0.4, -0.2) is 63.1 Å². The summed E-state index contributed by atoms with van der Waals surface area (Å²) < 4.78 is 13.0. The highest BCUT2D eigenvalue weighted by Gasteiger charge is 2.50. The first-order valence-electron chi connectivity index (χ1n) is 7.87. The molecular weight excluding hydrogens is 310 g/mol. The van der Waals surface area contributed by atoms with Gasteiger partial charge in [-0.3, -0.25) is 4.79 Å². The maximum absolute atomic E-state index is 12.7. The molecule has 0 saturated carbocycles. The summed E-state index contributed by atoms with van der Waals surface area (Å²) in [5, 5.41) is 11.1. The Kier molecular flexibility index (Phi) is 3.40. The van der Waals surface area contributed by atoms with Crippen molar-refractivity contribution in [3.05, 3.63) is 36.2 Å². The van der Waals surface area contributed by atoms with Crippen LogP contribution >= 0.6 is 0 Å². The number of nitrogens with zero attached hydrogens (tertiary/aromatic N) is 5. The second-order valence-corrected chi connectivity index (χ2v) is 6.94. The van der Waals surface area contributed by atoms with Crippen LogP contribution in [0.2, 0.25) is 0 Å². The molecule has 126 valence electrons. The van der Waals surface area contributed by atoms with Crippen molar-refractivity contribution in [2.75, 3.05) is 26.3 Å². The molecule has 1 aromatic heterocycles. The number of amides is 1. The number of rotatable bonds is 2. The molecule has 2 aliphatic heterocycles. The number of hydrogen-bond acceptors (Lipinski definition) is 6. The lowest BCUT2D eigenvalue weighted by atomic mass is 9.80. The molecule has 2 fully saturated rings. The van der Waals surface area contributed by atoms with Crippen molar-refractivity contribution in [2.24, 2.45) is 5.41 Å². The lowest BCUT2D eigenvalue weighted by Crippen LogP contribution is -2.65. The number of aromatic nitrogens is 4. The summed E-state index contributed by atoms with van der Waals surface area (Å²) in [6, 6.07) is 7.28. The van der Waals surface area contributed by atoms with Gasteiger partial charge in [-0.25, -0.2) is 4.68 Å². The summed E-state index contributed by atoms with van der Waals surface area (Å²) in [5.41, 5.74) is 1.31. The average Bonchev–Trinajstić information content (AvgIpc) is 3.07. The number of carbonyl (C=O) groups is 1. The molecule has 2 aliphatic rings. The van der Waals surface area contributed by atoms with Crippen LogP contribution in [0.15, 0.2) is 30.6 Å². The second kappa shape index (κ2) is 5.35. The van der Waals surface area contributed by atoms with E-state index in [1.165, 1.54) is 11.0 Å². The summed E-state index contributed by atoms with van der Waals surface area (Å²) in [5.74, 6) is -0.532. The highest BCUT2D eigenvalue weighted by atomic mass is 16.7. The third-order valence-electron chi connectivity index (χ3n) is 4.50. The van der Waals surface area contributed by atoms with E-state index in [0.717, 1.165) is 5.69 Å². The highest BCUT2D eigenvalue weighted by molar-refractivity contribution is 5.95. The minimum atomic E-state index is -0.532. The number of ether oxygens (including phenoxy) is 2. The van der Waals surface area contributed by atoms with Crippen LogP contribution in [0.3, 0.4) is 0 Å². The van der Waals surface area contributed by atoms with Gasteiger partial charge in [-0.2, -0.15) is 0 Å². The molecule has 24 heavy (non-hydrogen) atoms. The van der Waals surface area contributed by atoms with Crippen LogP contribution in [0.1, 0.15) is 24.2 Å². The smallest absolute Gasteiger partial charge is 0.253 e. The van der Waals surface area contributed by atoms with Crippen molar-refractivity contribution in [3.63, 3.8) is 0 Å². The Balaban J connectivity index is 1.44. The topological polar surface area (TPSA) is 82.4 Å². The SMILES string of the molecule is CC1(C)OCC2(CO1)CN(C(=O)c1cccc(-n3cnnn3)c1)C2. The monoisotopic (exact) mass is 329 g/mol. The van der Waals surface area contributed by atoms with Gasteiger partial charge in [-0.15, -0.1) is 5.10 Å². The number of carbonyl (C=O) groups excluding carboxylic acids is 1. The first-order valence-corrected chi connectivity index (χ1v) is 7.87. The molecule has 8 nitrogen and oxygen atoms in total. The van der Waals surface area contributed by atoms with E-state index < -0.39 is 5.79 Å². The number of benzene rings is 1. The van der Waals surface area contributed by atoms with Crippen LogP contribution < -0.4 is 0 Å². The molecule has 0 N–H and O–H groups in total. The van der Waals surface area contributed by atoms with Gasteiger partial charge in [0.1, 0.15) is 6.33 Å². The summed E-state index contributed by atoms with van der Waals surface area (Å²) in [6.45, 7) is 6.36. The minimum Gasteiger partial charge on any atom is -0.350 e. The average molecular weight is 329 g/mol. The van der Waals surface area contributed by atoms with Crippen LogP contribution in [0, 0.1) is 5.41 Å². The van der Waals surface area contributed by atoms with Crippen LogP contribution in [0.5, 0.6) is 0 Å². The van der Waals surface area contributed by atoms with E-state index in [-0.39, 0.29) is 11.3 Å². The summed E-state index contributed by atoms with van der Waals surface area (Å²) in [4.78, 5) is 14.5. The molecule has 0 unspecified atom stereocenters. The van der Waals surface area contributed by atoms with Gasteiger partial charge in [0.05, 0.1) is 24.3 Å². The maximum atomic E-state index is 12.7. The van der Waals surface area contributed by atoms with E-state index in [1.54, 1.807) is 12.1 Å². The van der Waals surface area contributed by atoms with E-state index in [1.807, 2.05) is 30.9 Å². The zero-order valence-corrected chi connectivity index (χ0v) is 13.7. The molecule has 1 aromatic carbocycles. The Hall–Kier alpha value is -2.32. The fourth-order valence-corrected chi connectivity index (χ4v) is 3.07. The Morgan fingerprint density at radius 2 is 1.96 bits per heavy atom. The lowest BCUT2D eigenvalue weighted by molar-refractivity contribution is -0.301. The van der Waals surface area contributed by atoms with Gasteiger partial charge in [-0.1, -0.05) is 6.07 Å². The Morgan fingerprint density at radius 1 is 1.21 bits per heavy atom. The third kappa shape index (κ3) is 2.67. The molecule has 0 radical (unpaired) electrons. The number of hydrogen-bond donors (Lipinski definition) is 0. The van der Waals surface area contributed by atoms with Gasteiger partial charge in [0.25, 0.3) is 5.91 Å². The van der Waals surface area contributed by atoms with E-state index in [9.17, 15) is 4.79 Å². The fraction of sp³-hybridized carbons (Fsp3) is 0.500. The Morgan fingerprint density at radius 3 is 2.62 bits per heavy atom. The van der Waals surface area contributed by atoms with E-state index in [2.05, 4.69) is 15.5 Å². The Bertz CT molecular complexity index is 741. The zero-order valence-electron chi connectivity index (χ0n) is 13.7. The predicted octanol–water partition coefficient (Wildman–Crippen LogP) is 0.887. The van der Waals surface area contributed by atoms with E-state index >= 15 is 0 Å². The van der Waals surface area contributed by atoms with Gasteiger partial charge >= 0.3 is 0 Å². The number of likely N-dealkylation sites (tertiary alicyclic amines) is 1. The molecule has 1 spiro atoms. The van der Waals surface area contributed by atoms with Crippen LogP contribution in [-0.2, 0) is 9.47 Å². The van der Waals surface area contributed by atoms with Crippen molar-refractivity contribution in [2.45, 2.75) is 19.6 Å². The summed E-state index contributed by atoms with van der Waals surface area (Å²) in [6.07, 6.45) is 1.50. The normalized spacial score (nSPS) is 21.5. The summed E-state index contributed by atoms with van der Waals surface area (Å²) >= 11 is 0. The van der Waals surface area contributed by atoms with Crippen LogP contribution in [0.4, 0.5) is 0 Å². The summed E-state index contributed by atoms with van der Waals surface area (Å²) in [7, 11) is 0. The van der Waals surface area contributed by atoms with Crippen LogP contribution in [0.25, 0.3) is 5.69 Å². The Labute approximate surface area is 139 Å². The van der Waals surface area contributed by atoms with Gasteiger partial charge in [0, 0.05) is 18.7 Å². The molecule has 3 heterocycles. The number of tetrazole rings is 1. The standard InChI is InChI=1S/C16H19N5O3/c1-15(2)23-9-16(10-24-15)7-20(8-16)14(22)12-4-3-5-13(6-12)21-11-17-18-19-21/h3-6,11H,7-10H2,1-2H3. The van der Waals surface area contributed by atoms with E-state index in [0.29, 0.717) is 31.9 Å². The molecule has 0 bridgehead atoms. The van der Waals surface area contributed by atoms with Gasteiger partial charge in [0.2, 0.25) is 0 Å². The highest BCUT2D eigenvalue weighted by Crippen LogP contribution is 2.38. The van der Waals surface area contributed by atoms with Crippen molar-refractivity contribution < 1.29 is 14.3 Å². The largest absolute Gasteiger partial charge is 0.350 e. The molecule has 0 aliphatic carbocycles. The quantitative estimate of drug-likeness (QED) is 0.814. The molecule has 0 atom stereocenters. The fourth-order valence-electron chi connectivity index (χ4n) is 3.07. The second-order valence-electron chi connectivity index (χ2n) is 6.94. The molecule has 2 saturated heterocycles. The molecular formula is C16H19N5O3. The lowest BCUT2D eigenvalue weighted by Gasteiger charge is -2.54. The van der Waals surface area contributed by atoms with Crippen molar-refractivity contribution in [1.82, 2.24) is 25.1 Å².